The zero-order valence-corrected chi connectivity index (χ0v) is 11.7. The molecule has 0 aliphatic heterocycles. The highest BCUT2D eigenvalue weighted by Gasteiger charge is 2.52. The van der Waals surface area contributed by atoms with Crippen molar-refractivity contribution in [3.05, 3.63) is 41.8 Å². The second kappa shape index (κ2) is 4.82. The van der Waals surface area contributed by atoms with Crippen LogP contribution in [0.1, 0.15) is 37.0 Å². The smallest absolute Gasteiger partial charge is 0.380 e. The molecule has 0 fully saturated rings. The molecule has 1 aromatic carbocycles. The maximum atomic E-state index is 12.7. The summed E-state index contributed by atoms with van der Waals surface area (Å²) in [6.45, 7) is 10.1. The lowest BCUT2D eigenvalue weighted by atomic mass is 9.73. The van der Waals surface area contributed by atoms with Crippen LogP contribution in [0, 0.1) is 20.8 Å². The molecule has 107 valence electrons. The summed E-state index contributed by atoms with van der Waals surface area (Å²) in [5.74, 6) is 0. The number of hydrogen-bond acceptors (Lipinski definition) is 1. The van der Waals surface area contributed by atoms with Crippen LogP contribution in [0.3, 0.4) is 0 Å². The highest BCUT2D eigenvalue weighted by atomic mass is 19.4. The summed E-state index contributed by atoms with van der Waals surface area (Å²) in [5, 5.41) is 9.57. The first-order valence-corrected chi connectivity index (χ1v) is 6.09. The molecule has 1 aromatic rings. The van der Waals surface area contributed by atoms with Crippen LogP contribution in [0.25, 0.3) is 0 Å². The lowest BCUT2D eigenvalue weighted by molar-refractivity contribution is -0.247. The second-order valence-corrected chi connectivity index (χ2v) is 5.91. The van der Waals surface area contributed by atoms with Crippen LogP contribution in [0.4, 0.5) is 13.2 Å². The van der Waals surface area contributed by atoms with Crippen molar-refractivity contribution in [3.8, 4) is 0 Å². The summed E-state index contributed by atoms with van der Waals surface area (Å²) in [6.07, 6.45) is -5.21. The Morgan fingerprint density at radius 3 is 2.16 bits per heavy atom. The van der Waals surface area contributed by atoms with E-state index in [4.69, 9.17) is 0 Å². The molecule has 0 aromatic heterocycles. The number of alkyl halides is 3. The molecule has 19 heavy (non-hydrogen) atoms. The lowest BCUT2D eigenvalue weighted by Gasteiger charge is -2.36. The predicted molar refractivity (Wildman–Crippen MR) is 69.9 cm³/mol. The first-order valence-electron chi connectivity index (χ1n) is 6.09. The molecule has 4 heteroatoms. The fourth-order valence-corrected chi connectivity index (χ4v) is 2.39. The van der Waals surface area contributed by atoms with E-state index in [0.717, 1.165) is 16.7 Å². The summed E-state index contributed by atoms with van der Waals surface area (Å²) < 4.78 is 38.2. The highest BCUT2D eigenvalue weighted by molar-refractivity contribution is 5.36. The van der Waals surface area contributed by atoms with Gasteiger partial charge in [0.1, 0.15) is 0 Å². The van der Waals surface area contributed by atoms with Crippen molar-refractivity contribution in [1.82, 2.24) is 0 Å². The van der Waals surface area contributed by atoms with Crippen LogP contribution in [0.2, 0.25) is 0 Å². The lowest BCUT2D eigenvalue weighted by Crippen LogP contribution is -2.46. The fourth-order valence-electron chi connectivity index (χ4n) is 2.39. The molecule has 0 aliphatic carbocycles. The van der Waals surface area contributed by atoms with Gasteiger partial charge < -0.3 is 5.11 Å². The SMILES string of the molecule is [CH2]C(O)(CC(C)(C)c1cc(C)ccc1C)C(F)(F)F. The molecule has 1 nitrogen and oxygen atoms in total. The molecule has 1 atom stereocenters. The summed E-state index contributed by atoms with van der Waals surface area (Å²) in [5.41, 5.74) is -1.06. The summed E-state index contributed by atoms with van der Waals surface area (Å²) >= 11 is 0. The summed E-state index contributed by atoms with van der Waals surface area (Å²) in [6, 6.07) is 5.65. The number of aliphatic hydroxyl groups is 1. The minimum absolute atomic E-state index is 0.478. The first kappa shape index (κ1) is 16.0. The Morgan fingerprint density at radius 2 is 1.68 bits per heavy atom. The van der Waals surface area contributed by atoms with E-state index in [1.807, 2.05) is 32.0 Å². The van der Waals surface area contributed by atoms with Crippen LogP contribution in [0.15, 0.2) is 18.2 Å². The van der Waals surface area contributed by atoms with Gasteiger partial charge in [0, 0.05) is 0 Å². The number of rotatable bonds is 3. The van der Waals surface area contributed by atoms with Crippen LogP contribution in [0.5, 0.6) is 0 Å². The van der Waals surface area contributed by atoms with Crippen molar-refractivity contribution < 1.29 is 18.3 Å². The Kier molecular flexibility index (Phi) is 4.06. The molecular weight excluding hydrogens is 253 g/mol. The first-order chi connectivity index (χ1) is 8.37. The average molecular weight is 273 g/mol. The summed E-state index contributed by atoms with van der Waals surface area (Å²) in [7, 11) is 0. The van der Waals surface area contributed by atoms with Crippen LogP contribution >= 0.6 is 0 Å². The zero-order chi connectivity index (χ0) is 15.1. The molecular formula is C15H20F3O. The number of halogens is 3. The van der Waals surface area contributed by atoms with E-state index in [1.165, 1.54) is 0 Å². The minimum atomic E-state index is -4.73. The topological polar surface area (TPSA) is 20.2 Å². The van der Waals surface area contributed by atoms with Gasteiger partial charge in [0.2, 0.25) is 0 Å². The molecule has 1 N–H and O–H groups in total. The molecule has 0 saturated heterocycles. The third kappa shape index (κ3) is 3.50. The monoisotopic (exact) mass is 273 g/mol. The molecule has 1 radical (unpaired) electrons. The number of hydrogen-bond donors (Lipinski definition) is 1. The molecule has 1 unspecified atom stereocenters. The van der Waals surface area contributed by atoms with Crippen LogP contribution in [-0.4, -0.2) is 16.9 Å². The number of benzene rings is 1. The predicted octanol–water partition coefficient (Wildman–Crippen LogP) is 4.10. The standard InChI is InChI=1S/C15H20F3O/c1-10-6-7-11(2)12(8-10)13(3,4)9-14(5,19)15(16,17)18/h6-8,19H,5,9H2,1-4H3. The maximum absolute atomic E-state index is 12.7. The van der Waals surface area contributed by atoms with Gasteiger partial charge in [-0.25, -0.2) is 0 Å². The quantitative estimate of drug-likeness (QED) is 0.879. The van der Waals surface area contributed by atoms with E-state index in [2.05, 4.69) is 6.92 Å². The van der Waals surface area contributed by atoms with Gasteiger partial charge >= 0.3 is 6.18 Å². The van der Waals surface area contributed by atoms with Crippen molar-refractivity contribution in [2.75, 3.05) is 0 Å². The Bertz CT molecular complexity index is 459. The van der Waals surface area contributed by atoms with Gasteiger partial charge in [0.25, 0.3) is 0 Å². The molecule has 0 heterocycles. The van der Waals surface area contributed by atoms with Crippen molar-refractivity contribution in [3.63, 3.8) is 0 Å². The van der Waals surface area contributed by atoms with E-state index in [-0.39, 0.29) is 0 Å². The Balaban J connectivity index is 3.15. The Labute approximate surface area is 112 Å². The molecule has 0 aliphatic rings. The van der Waals surface area contributed by atoms with E-state index in [1.54, 1.807) is 13.8 Å². The van der Waals surface area contributed by atoms with Gasteiger partial charge in [0.15, 0.2) is 5.60 Å². The van der Waals surface area contributed by atoms with Crippen molar-refractivity contribution in [2.24, 2.45) is 0 Å². The van der Waals surface area contributed by atoms with E-state index in [9.17, 15) is 18.3 Å². The average Bonchev–Trinajstić information content (AvgIpc) is 2.18. The van der Waals surface area contributed by atoms with Crippen LogP contribution in [-0.2, 0) is 5.41 Å². The Hall–Kier alpha value is -1.03. The summed E-state index contributed by atoms with van der Waals surface area (Å²) in [4.78, 5) is 0. The normalized spacial score (nSPS) is 16.3. The van der Waals surface area contributed by atoms with Crippen LogP contribution < -0.4 is 0 Å². The van der Waals surface area contributed by atoms with Crippen molar-refractivity contribution >= 4 is 0 Å². The van der Waals surface area contributed by atoms with E-state index < -0.39 is 23.6 Å². The molecule has 1 rings (SSSR count). The molecule has 0 bridgehead atoms. The fraction of sp³-hybridized carbons (Fsp3) is 0.533. The van der Waals surface area contributed by atoms with E-state index >= 15 is 0 Å². The number of aryl methyl sites for hydroxylation is 2. The van der Waals surface area contributed by atoms with E-state index in [0.29, 0.717) is 0 Å². The van der Waals surface area contributed by atoms with Gasteiger partial charge in [-0.3, -0.25) is 0 Å². The molecule has 0 amide bonds. The Morgan fingerprint density at radius 1 is 1.16 bits per heavy atom. The maximum Gasteiger partial charge on any atom is 0.417 e. The van der Waals surface area contributed by atoms with Gasteiger partial charge in [-0.05, 0) is 43.7 Å². The van der Waals surface area contributed by atoms with Gasteiger partial charge in [-0.2, -0.15) is 13.2 Å². The van der Waals surface area contributed by atoms with Crippen molar-refractivity contribution in [2.45, 2.75) is 51.3 Å². The zero-order valence-electron chi connectivity index (χ0n) is 11.7. The van der Waals surface area contributed by atoms with Gasteiger partial charge in [0.05, 0.1) is 0 Å². The van der Waals surface area contributed by atoms with Crippen molar-refractivity contribution in [1.29, 1.82) is 0 Å². The third-order valence-electron chi connectivity index (χ3n) is 3.38. The van der Waals surface area contributed by atoms with Gasteiger partial charge in [-0.15, -0.1) is 0 Å². The molecule has 0 saturated carbocycles. The minimum Gasteiger partial charge on any atom is -0.380 e. The largest absolute Gasteiger partial charge is 0.417 e. The van der Waals surface area contributed by atoms with Gasteiger partial charge in [-0.1, -0.05) is 37.6 Å². The third-order valence-corrected chi connectivity index (χ3v) is 3.38. The highest BCUT2D eigenvalue weighted by Crippen LogP contribution is 2.41. The second-order valence-electron chi connectivity index (χ2n) is 5.91. The molecule has 0 spiro atoms.